The molecule has 184 valence electrons. The van der Waals surface area contributed by atoms with Gasteiger partial charge >= 0.3 is 0 Å². The van der Waals surface area contributed by atoms with Crippen LogP contribution in [0.5, 0.6) is 0 Å². The minimum atomic E-state index is -0.859. The van der Waals surface area contributed by atoms with E-state index in [1.807, 2.05) is 5.38 Å². The number of primary amides is 1. The summed E-state index contributed by atoms with van der Waals surface area (Å²) in [4.78, 5) is 30.2. The van der Waals surface area contributed by atoms with Gasteiger partial charge in [0, 0.05) is 42.7 Å². The number of nitrogens with one attached hydrogen (secondary N) is 1. The number of hydrogen-bond donors (Lipinski definition) is 2. The van der Waals surface area contributed by atoms with Crippen molar-refractivity contribution in [3.8, 4) is 11.3 Å². The lowest BCUT2D eigenvalue weighted by Gasteiger charge is -2.33. The molecule has 11 heteroatoms. The number of thioether (sulfide) groups is 1. The number of thiazole rings is 1. The minimum absolute atomic E-state index is 0.126. The van der Waals surface area contributed by atoms with Gasteiger partial charge in [-0.3, -0.25) is 14.5 Å². The molecule has 0 aliphatic carbocycles. The third kappa shape index (κ3) is 7.07. The molecule has 35 heavy (non-hydrogen) atoms. The van der Waals surface area contributed by atoms with Crippen LogP contribution in [-0.2, 0) is 16.1 Å². The number of rotatable bonds is 9. The summed E-state index contributed by atoms with van der Waals surface area (Å²) in [5.41, 5.74) is 8.03. The van der Waals surface area contributed by atoms with Gasteiger partial charge in [-0.05, 0) is 29.8 Å². The quantitative estimate of drug-likeness (QED) is 0.422. The van der Waals surface area contributed by atoms with Crippen LogP contribution in [0.2, 0.25) is 0 Å². The summed E-state index contributed by atoms with van der Waals surface area (Å²) >= 11 is 2.79. The zero-order valence-electron chi connectivity index (χ0n) is 18.7. The molecule has 2 amide bonds. The van der Waals surface area contributed by atoms with Crippen molar-refractivity contribution in [2.24, 2.45) is 5.73 Å². The number of nitrogens with two attached hydrogens (primary N) is 1. The number of carbonyl (C=O) groups excluding carboxylic acids is 2. The van der Waals surface area contributed by atoms with E-state index in [9.17, 15) is 18.4 Å². The van der Waals surface area contributed by atoms with Gasteiger partial charge in [0.15, 0.2) is 16.0 Å². The third-order valence-electron chi connectivity index (χ3n) is 5.42. The zero-order valence-corrected chi connectivity index (χ0v) is 20.3. The molecule has 1 saturated heterocycles. The summed E-state index contributed by atoms with van der Waals surface area (Å²) in [6, 6.07) is 10.8. The molecule has 1 aliphatic heterocycles. The van der Waals surface area contributed by atoms with Gasteiger partial charge in [-0.1, -0.05) is 30.0 Å². The van der Waals surface area contributed by atoms with Crippen LogP contribution in [0.15, 0.2) is 52.2 Å². The van der Waals surface area contributed by atoms with Gasteiger partial charge in [0.1, 0.15) is 0 Å². The Balaban J connectivity index is 1.20. The van der Waals surface area contributed by atoms with Crippen molar-refractivity contribution in [3.05, 3.63) is 70.6 Å². The largest absolute Gasteiger partial charge is 0.374 e. The molecular weight excluding hydrogens is 494 g/mol. The average Bonchev–Trinajstić information content (AvgIpc) is 3.33. The maximum Gasteiger partial charge on any atom is 0.248 e. The lowest BCUT2D eigenvalue weighted by Crippen LogP contribution is -2.47. The van der Waals surface area contributed by atoms with Crippen LogP contribution in [0.3, 0.4) is 0 Å². The molecule has 0 saturated carbocycles. The highest BCUT2D eigenvalue weighted by Crippen LogP contribution is 2.28. The highest BCUT2D eigenvalue weighted by molar-refractivity contribution is 8.01. The number of amides is 2. The molecule has 3 N–H and O–H groups in total. The standard InChI is InChI=1S/C24H24F2N4O3S2/c25-19-6-1-15(9-20(19)26)11-30-7-8-33-18(12-30)10-28-22(31)14-35-24-29-21(13-34-24)16-2-4-17(5-3-16)23(27)32/h1-6,9,13,18H,7-8,10-12,14H2,(H2,27,32)(H,28,31)/t18-/m0/s1. The summed E-state index contributed by atoms with van der Waals surface area (Å²) in [7, 11) is 0. The van der Waals surface area contributed by atoms with E-state index in [4.69, 9.17) is 10.5 Å². The Morgan fingerprint density at radius 1 is 1.20 bits per heavy atom. The van der Waals surface area contributed by atoms with Crippen LogP contribution in [0.25, 0.3) is 11.3 Å². The van der Waals surface area contributed by atoms with Crippen molar-refractivity contribution in [1.29, 1.82) is 0 Å². The van der Waals surface area contributed by atoms with Crippen LogP contribution >= 0.6 is 23.1 Å². The van der Waals surface area contributed by atoms with Crippen molar-refractivity contribution in [2.45, 2.75) is 17.0 Å². The molecule has 4 rings (SSSR count). The van der Waals surface area contributed by atoms with Crippen LogP contribution in [0.1, 0.15) is 15.9 Å². The summed E-state index contributed by atoms with van der Waals surface area (Å²) in [6.07, 6.45) is -0.183. The summed E-state index contributed by atoms with van der Waals surface area (Å²) in [5, 5.41) is 4.79. The van der Waals surface area contributed by atoms with E-state index < -0.39 is 17.5 Å². The number of ether oxygens (including phenoxy) is 1. The van der Waals surface area contributed by atoms with Gasteiger partial charge in [-0.15, -0.1) is 11.3 Å². The molecule has 1 fully saturated rings. The van der Waals surface area contributed by atoms with Crippen molar-refractivity contribution in [1.82, 2.24) is 15.2 Å². The lowest BCUT2D eigenvalue weighted by molar-refractivity contribution is -0.119. The molecule has 1 atom stereocenters. The fourth-order valence-electron chi connectivity index (χ4n) is 3.61. The molecule has 1 aromatic heterocycles. The number of aromatic nitrogens is 1. The second-order valence-electron chi connectivity index (χ2n) is 8.01. The number of morpholine rings is 1. The van der Waals surface area contributed by atoms with E-state index in [1.165, 1.54) is 29.2 Å². The topological polar surface area (TPSA) is 97.5 Å². The predicted octanol–water partition coefficient (Wildman–Crippen LogP) is 3.30. The highest BCUT2D eigenvalue weighted by Gasteiger charge is 2.21. The summed E-state index contributed by atoms with van der Waals surface area (Å²) in [6.45, 7) is 2.61. The number of hydrogen-bond acceptors (Lipinski definition) is 7. The molecule has 7 nitrogen and oxygen atoms in total. The zero-order chi connectivity index (χ0) is 24.8. The SMILES string of the molecule is NC(=O)c1ccc(-c2csc(SCC(=O)NC[C@H]3CN(Cc4ccc(F)c(F)c4)CCO3)n2)cc1. The van der Waals surface area contributed by atoms with E-state index >= 15 is 0 Å². The summed E-state index contributed by atoms with van der Waals surface area (Å²) < 4.78 is 33.1. The minimum Gasteiger partial charge on any atom is -0.374 e. The first-order valence-electron chi connectivity index (χ1n) is 10.9. The molecule has 1 aliphatic rings. The summed E-state index contributed by atoms with van der Waals surface area (Å²) in [5.74, 6) is -2.10. The smallest absolute Gasteiger partial charge is 0.248 e. The first-order chi connectivity index (χ1) is 16.9. The number of nitrogens with zero attached hydrogens (tertiary/aromatic N) is 2. The van der Waals surface area contributed by atoms with Gasteiger partial charge in [0.25, 0.3) is 0 Å². The molecule has 0 unspecified atom stereocenters. The van der Waals surface area contributed by atoms with Crippen LogP contribution in [0.4, 0.5) is 8.78 Å². The molecular formula is C24H24F2N4O3S2. The monoisotopic (exact) mass is 518 g/mol. The predicted molar refractivity (Wildman–Crippen MR) is 131 cm³/mol. The van der Waals surface area contributed by atoms with E-state index in [-0.39, 0.29) is 17.8 Å². The third-order valence-corrected chi connectivity index (χ3v) is 7.44. The fourth-order valence-corrected chi connectivity index (χ4v) is 5.28. The van der Waals surface area contributed by atoms with Crippen molar-refractivity contribution in [2.75, 3.05) is 32.0 Å². The first-order valence-corrected chi connectivity index (χ1v) is 12.8. The molecule has 3 aromatic rings. The van der Waals surface area contributed by atoms with E-state index in [2.05, 4.69) is 15.2 Å². The van der Waals surface area contributed by atoms with Crippen LogP contribution in [-0.4, -0.2) is 59.8 Å². The Bertz CT molecular complexity index is 1190. The van der Waals surface area contributed by atoms with Crippen LogP contribution in [0, 0.1) is 11.6 Å². The normalized spacial score (nSPS) is 16.2. The molecule has 0 spiro atoms. The maximum atomic E-state index is 13.5. The van der Waals surface area contributed by atoms with Crippen LogP contribution < -0.4 is 11.1 Å². The number of benzene rings is 2. The maximum absolute atomic E-state index is 13.5. The Labute approximate surface area is 209 Å². The van der Waals surface area contributed by atoms with Gasteiger partial charge in [0.2, 0.25) is 11.8 Å². The molecule has 0 radical (unpaired) electrons. The first kappa shape index (κ1) is 25.2. The molecule has 0 bridgehead atoms. The average molecular weight is 519 g/mol. The lowest BCUT2D eigenvalue weighted by atomic mass is 10.1. The Morgan fingerprint density at radius 2 is 2.00 bits per heavy atom. The van der Waals surface area contributed by atoms with Gasteiger partial charge in [0.05, 0.1) is 24.2 Å². The van der Waals surface area contributed by atoms with E-state index in [1.54, 1.807) is 30.3 Å². The Morgan fingerprint density at radius 3 is 2.74 bits per heavy atom. The Kier molecular flexibility index (Phi) is 8.45. The Hall–Kier alpha value is -2.86. The fraction of sp³-hybridized carbons (Fsp3) is 0.292. The van der Waals surface area contributed by atoms with Gasteiger partial charge < -0.3 is 15.8 Å². The second kappa shape index (κ2) is 11.7. The van der Waals surface area contributed by atoms with Crippen molar-refractivity contribution < 1.29 is 23.1 Å². The molecule has 2 heterocycles. The highest BCUT2D eigenvalue weighted by atomic mass is 32.2. The second-order valence-corrected chi connectivity index (χ2v) is 10.1. The van der Waals surface area contributed by atoms with Gasteiger partial charge in [-0.25, -0.2) is 13.8 Å². The van der Waals surface area contributed by atoms with Crippen molar-refractivity contribution >= 4 is 34.9 Å². The molecule has 2 aromatic carbocycles. The number of halogens is 2. The van der Waals surface area contributed by atoms with E-state index in [0.717, 1.165) is 21.7 Å². The van der Waals surface area contributed by atoms with E-state index in [0.29, 0.717) is 43.9 Å². The number of carbonyl (C=O) groups is 2. The van der Waals surface area contributed by atoms with Crippen molar-refractivity contribution in [3.63, 3.8) is 0 Å². The van der Waals surface area contributed by atoms with Gasteiger partial charge in [-0.2, -0.15) is 0 Å².